The molecule has 15 heteroatoms. The van der Waals surface area contributed by atoms with E-state index in [2.05, 4.69) is 20.0 Å². The maximum atomic E-state index is 13.5. The quantitative estimate of drug-likeness (QED) is 0.0423. The fourth-order valence-electron chi connectivity index (χ4n) is 6.35. The number of aromatic nitrogens is 2. The fourth-order valence-corrected chi connectivity index (χ4v) is 7.26. The summed E-state index contributed by atoms with van der Waals surface area (Å²) < 4.78 is 57.0. The fraction of sp³-hybridized carbons (Fsp3) is 0.171. The van der Waals surface area contributed by atoms with Crippen molar-refractivity contribution in [2.45, 2.75) is 37.5 Å². The minimum absolute atomic E-state index is 0. The number of aryl methyl sites for hydroxylation is 1. The summed E-state index contributed by atoms with van der Waals surface area (Å²) in [6.45, 7) is 2.37. The average Bonchev–Trinajstić information content (AvgIpc) is 3.77. The van der Waals surface area contributed by atoms with Crippen LogP contribution in [0.4, 0.5) is 8.78 Å². The van der Waals surface area contributed by atoms with E-state index in [1.165, 1.54) is 23.1 Å². The molecular formula is C41H37F2N8NaO3S. The van der Waals surface area contributed by atoms with Gasteiger partial charge in [0.05, 0.1) is 11.5 Å². The van der Waals surface area contributed by atoms with Crippen LogP contribution in [0.5, 0.6) is 0 Å². The summed E-state index contributed by atoms with van der Waals surface area (Å²) in [5.74, 6) is -0.483. The molecule has 2 heterocycles. The maximum absolute atomic E-state index is 13.5. The molecule has 11 nitrogen and oxygen atoms in total. The van der Waals surface area contributed by atoms with Gasteiger partial charge in [0, 0.05) is 45.7 Å². The first-order chi connectivity index (χ1) is 26.6. The molecule has 2 N–H and O–H groups in total. The van der Waals surface area contributed by atoms with Gasteiger partial charge in [-0.1, -0.05) is 71.3 Å². The Morgan fingerprint density at radius 3 is 1.64 bits per heavy atom. The number of fused-ring (bicyclic) bond motifs is 2. The molecule has 0 radical (unpaired) electrons. The Morgan fingerprint density at radius 2 is 1.16 bits per heavy atom. The van der Waals surface area contributed by atoms with Crippen molar-refractivity contribution < 1.29 is 50.9 Å². The van der Waals surface area contributed by atoms with Crippen molar-refractivity contribution in [3.8, 4) is 0 Å². The van der Waals surface area contributed by atoms with Crippen molar-refractivity contribution >= 4 is 31.9 Å². The van der Waals surface area contributed by atoms with Gasteiger partial charge in [-0.05, 0) is 120 Å². The zero-order chi connectivity index (χ0) is 39.2. The number of nitrogens with zero attached hydrogens (tertiary/aromatic N) is 6. The third-order valence-electron chi connectivity index (χ3n) is 8.78. The van der Waals surface area contributed by atoms with Gasteiger partial charge in [0.25, 0.3) is 10.1 Å². The molecular weight excluding hydrogens is 746 g/mol. The minimum atomic E-state index is -3.80. The predicted molar refractivity (Wildman–Crippen MR) is 211 cm³/mol. The summed E-state index contributed by atoms with van der Waals surface area (Å²) in [5.41, 5.74) is 31.0. The standard InChI is InChI=1S/C24H22FNO3S.C17H15FN4.N3.Na/c1-17-8-10-22(11-9-17)30(27,28)29-13-12-19-5-3-7-23-24(19)20(16-26-23)14-18-4-2-6-21(25)15-18;18-15-5-1-3-12(10-15)9-14-11-20-16-6-2-4-13(17(14)16)7-8-21-22-19;1-3-2;/h2-11,15-16,26H,12-14H2,1H3;1-6,10-11,20H,7-9H2;;/q;;-1;+1. The maximum Gasteiger partial charge on any atom is 1.00 e. The second-order valence-corrected chi connectivity index (χ2v) is 14.2. The third-order valence-corrected chi connectivity index (χ3v) is 10.1. The Bertz CT molecular complexity index is 2580. The number of rotatable bonds is 12. The van der Waals surface area contributed by atoms with Gasteiger partial charge < -0.3 is 21.0 Å². The molecule has 0 fully saturated rings. The molecule has 7 rings (SSSR count). The van der Waals surface area contributed by atoms with Gasteiger partial charge in [-0.3, -0.25) is 9.09 Å². The van der Waals surface area contributed by atoms with E-state index in [1.807, 2.05) is 67.8 Å². The first-order valence-electron chi connectivity index (χ1n) is 17.2. The molecule has 0 saturated carbocycles. The summed E-state index contributed by atoms with van der Waals surface area (Å²) in [5, 5.41) is 5.77. The van der Waals surface area contributed by atoms with Crippen molar-refractivity contribution in [1.82, 2.24) is 9.97 Å². The van der Waals surface area contributed by atoms with E-state index in [9.17, 15) is 17.2 Å². The Morgan fingerprint density at radius 1 is 0.679 bits per heavy atom. The molecule has 0 bridgehead atoms. The number of hydrogen-bond acceptors (Lipinski definition) is 4. The van der Waals surface area contributed by atoms with Gasteiger partial charge in [0.1, 0.15) is 11.6 Å². The van der Waals surface area contributed by atoms with Crippen LogP contribution in [0.1, 0.15) is 38.9 Å². The molecule has 0 saturated heterocycles. The van der Waals surface area contributed by atoms with E-state index < -0.39 is 10.1 Å². The smallest absolute Gasteiger partial charge is 0.373 e. The van der Waals surface area contributed by atoms with Crippen LogP contribution in [-0.4, -0.2) is 31.5 Å². The van der Waals surface area contributed by atoms with Crippen molar-refractivity contribution in [3.63, 3.8) is 0 Å². The monoisotopic (exact) mass is 782 g/mol. The third kappa shape index (κ3) is 11.8. The first-order valence-corrected chi connectivity index (χ1v) is 18.6. The van der Waals surface area contributed by atoms with E-state index >= 15 is 0 Å². The number of azide groups is 1. The number of H-pyrrole nitrogens is 2. The van der Waals surface area contributed by atoms with Gasteiger partial charge in [0.15, 0.2) is 0 Å². The second kappa shape index (κ2) is 21.0. The number of aromatic amines is 2. The molecule has 0 atom stereocenters. The predicted octanol–water partition coefficient (Wildman–Crippen LogP) is 7.77. The summed E-state index contributed by atoms with van der Waals surface area (Å²) in [6.07, 6.45) is 6.26. The SMILES string of the molecule is Cc1ccc(S(=O)(=O)OCCc2cccc3[nH]cc(Cc4cccc(F)c4)c23)cc1.[N-]=[N+]=NCCc1cccc2[nH]cc(Cc3cccc(F)c3)c12.[N-]=[N+]=[N-].[Na+]. The second-order valence-electron chi connectivity index (χ2n) is 12.6. The van der Waals surface area contributed by atoms with Crippen molar-refractivity contribution in [2.24, 2.45) is 5.11 Å². The van der Waals surface area contributed by atoms with Crippen LogP contribution >= 0.6 is 0 Å². The van der Waals surface area contributed by atoms with Gasteiger partial charge >= 0.3 is 29.6 Å². The molecule has 2 aromatic heterocycles. The normalized spacial score (nSPS) is 10.6. The summed E-state index contributed by atoms with van der Waals surface area (Å²) >= 11 is 0. The van der Waals surface area contributed by atoms with Crippen LogP contribution in [0, 0.1) is 18.6 Å². The Hall–Kier alpha value is -5.43. The molecule has 7 aromatic rings. The molecule has 0 aliphatic rings. The molecule has 0 unspecified atom stereocenters. The van der Waals surface area contributed by atoms with Crippen LogP contribution in [0.3, 0.4) is 0 Å². The molecule has 5 aromatic carbocycles. The Balaban J connectivity index is 0.000000238. The van der Waals surface area contributed by atoms with Gasteiger partial charge in [-0.25, -0.2) is 8.78 Å². The van der Waals surface area contributed by atoms with E-state index in [0.29, 0.717) is 32.2 Å². The van der Waals surface area contributed by atoms with Crippen LogP contribution in [0.15, 0.2) is 132 Å². The van der Waals surface area contributed by atoms with Crippen molar-refractivity contribution in [2.75, 3.05) is 13.2 Å². The first kappa shape index (κ1) is 43.3. The van der Waals surface area contributed by atoms with E-state index in [1.54, 1.807) is 42.5 Å². The van der Waals surface area contributed by atoms with Crippen LogP contribution in [0.25, 0.3) is 48.2 Å². The van der Waals surface area contributed by atoms with Gasteiger partial charge in [-0.2, -0.15) is 8.42 Å². The van der Waals surface area contributed by atoms with Crippen LogP contribution in [0.2, 0.25) is 0 Å². The number of benzene rings is 5. The molecule has 0 aliphatic carbocycles. The van der Waals surface area contributed by atoms with Gasteiger partial charge in [0.2, 0.25) is 0 Å². The molecule has 0 aliphatic heterocycles. The number of hydrogen-bond donors (Lipinski definition) is 2. The zero-order valence-electron chi connectivity index (χ0n) is 30.9. The Labute approximate surface area is 345 Å². The average molecular weight is 783 g/mol. The van der Waals surface area contributed by atoms with Crippen molar-refractivity contribution in [1.29, 1.82) is 0 Å². The van der Waals surface area contributed by atoms with Gasteiger partial charge in [-0.15, -0.1) is 0 Å². The van der Waals surface area contributed by atoms with Crippen molar-refractivity contribution in [3.05, 3.63) is 199 Å². The largest absolute Gasteiger partial charge is 1.00 e. The van der Waals surface area contributed by atoms with E-state index in [-0.39, 0.29) is 52.7 Å². The molecule has 0 amide bonds. The summed E-state index contributed by atoms with van der Waals surface area (Å²) in [7, 11) is -3.80. The zero-order valence-corrected chi connectivity index (χ0v) is 33.7. The number of nitrogens with one attached hydrogen (secondary N) is 2. The topological polar surface area (TPSA) is 182 Å². The van der Waals surface area contributed by atoms with Crippen LogP contribution < -0.4 is 29.6 Å². The summed E-state index contributed by atoms with van der Waals surface area (Å²) in [6, 6.07) is 31.7. The molecule has 56 heavy (non-hydrogen) atoms. The minimum Gasteiger partial charge on any atom is -0.373 e. The number of halogens is 2. The van der Waals surface area contributed by atoms with E-state index in [4.69, 9.17) is 20.8 Å². The molecule has 0 spiro atoms. The Kier molecular flexibility index (Phi) is 16.3. The summed E-state index contributed by atoms with van der Waals surface area (Å²) in [4.78, 5) is 11.0. The van der Waals surface area contributed by atoms with E-state index in [0.717, 1.165) is 60.8 Å². The van der Waals surface area contributed by atoms with Crippen LogP contribution in [-0.2, 0) is 40.0 Å². The molecule has 280 valence electrons.